The minimum Gasteiger partial charge on any atom is -0.467 e. The molecule has 4 aromatic rings. The van der Waals surface area contributed by atoms with Gasteiger partial charge in [-0.1, -0.05) is 30.3 Å². The topological polar surface area (TPSA) is 64.2 Å². The summed E-state index contributed by atoms with van der Waals surface area (Å²) in [6.07, 6.45) is 10.4. The van der Waals surface area contributed by atoms with E-state index in [9.17, 15) is 4.79 Å². The van der Waals surface area contributed by atoms with E-state index in [-0.39, 0.29) is 5.91 Å². The second kappa shape index (κ2) is 9.05. The van der Waals surface area contributed by atoms with E-state index in [0.717, 1.165) is 28.1 Å². The standard InChI is InChI=1S/C24H22N4O2/c1-27(18-22-10-6-14-30-22)23(29)12-11-21-17-28(16-19-7-3-2-4-8-19)26-24(21)20-9-5-13-25-15-20/h2-15,17H,16,18H2,1H3/b12-11+. The number of aromatic nitrogens is 3. The van der Waals surface area contributed by atoms with Gasteiger partial charge in [-0.25, -0.2) is 0 Å². The minimum absolute atomic E-state index is 0.112. The average molecular weight is 398 g/mol. The van der Waals surface area contributed by atoms with Crippen LogP contribution in [0.25, 0.3) is 17.3 Å². The Morgan fingerprint density at radius 1 is 1.13 bits per heavy atom. The van der Waals surface area contributed by atoms with Crippen LogP contribution in [0.3, 0.4) is 0 Å². The van der Waals surface area contributed by atoms with Gasteiger partial charge in [-0.05, 0) is 35.9 Å². The van der Waals surface area contributed by atoms with Crippen molar-refractivity contribution in [3.63, 3.8) is 0 Å². The van der Waals surface area contributed by atoms with Crippen molar-refractivity contribution in [2.75, 3.05) is 7.05 Å². The molecule has 1 amide bonds. The largest absolute Gasteiger partial charge is 0.467 e. The zero-order valence-electron chi connectivity index (χ0n) is 16.7. The molecule has 0 fully saturated rings. The molecule has 0 bridgehead atoms. The fourth-order valence-corrected chi connectivity index (χ4v) is 3.14. The van der Waals surface area contributed by atoms with Gasteiger partial charge >= 0.3 is 0 Å². The molecule has 6 nitrogen and oxygen atoms in total. The Hall–Kier alpha value is -3.93. The summed E-state index contributed by atoms with van der Waals surface area (Å²) in [4.78, 5) is 18.4. The lowest BCUT2D eigenvalue weighted by Gasteiger charge is -2.12. The van der Waals surface area contributed by atoms with Crippen molar-refractivity contribution in [1.82, 2.24) is 19.7 Å². The van der Waals surface area contributed by atoms with Crippen molar-refractivity contribution < 1.29 is 9.21 Å². The monoisotopic (exact) mass is 398 g/mol. The van der Waals surface area contributed by atoms with Crippen LogP contribution in [0.15, 0.2) is 89.9 Å². The summed E-state index contributed by atoms with van der Waals surface area (Å²) >= 11 is 0. The third-order valence-corrected chi connectivity index (χ3v) is 4.67. The van der Waals surface area contributed by atoms with Gasteiger partial charge in [0.05, 0.1) is 19.4 Å². The first-order valence-electron chi connectivity index (χ1n) is 9.66. The van der Waals surface area contributed by atoms with Crippen LogP contribution >= 0.6 is 0 Å². The molecule has 0 aliphatic rings. The van der Waals surface area contributed by atoms with Crippen LogP contribution in [-0.2, 0) is 17.9 Å². The highest BCUT2D eigenvalue weighted by Gasteiger charge is 2.12. The number of carbonyl (C=O) groups excluding carboxylic acids is 1. The number of hydrogen-bond donors (Lipinski definition) is 0. The molecular weight excluding hydrogens is 376 g/mol. The first-order valence-corrected chi connectivity index (χ1v) is 9.66. The van der Waals surface area contributed by atoms with Crippen LogP contribution < -0.4 is 0 Å². The van der Waals surface area contributed by atoms with Gasteiger partial charge in [0, 0.05) is 42.8 Å². The smallest absolute Gasteiger partial charge is 0.246 e. The maximum absolute atomic E-state index is 12.5. The summed E-state index contributed by atoms with van der Waals surface area (Å²) in [5, 5.41) is 4.74. The van der Waals surface area contributed by atoms with Crippen molar-refractivity contribution >= 4 is 12.0 Å². The normalized spacial score (nSPS) is 11.1. The second-order valence-corrected chi connectivity index (χ2v) is 6.96. The molecule has 1 aromatic carbocycles. The van der Waals surface area contributed by atoms with Crippen LogP contribution in [0.5, 0.6) is 0 Å². The third kappa shape index (κ3) is 4.72. The summed E-state index contributed by atoms with van der Waals surface area (Å²) in [5.41, 5.74) is 3.71. The van der Waals surface area contributed by atoms with E-state index in [2.05, 4.69) is 17.1 Å². The summed E-state index contributed by atoms with van der Waals surface area (Å²) in [7, 11) is 1.75. The first kappa shape index (κ1) is 19.4. The molecule has 0 saturated carbocycles. The number of carbonyl (C=O) groups is 1. The third-order valence-electron chi connectivity index (χ3n) is 4.67. The Labute approximate surface area is 175 Å². The number of amides is 1. The first-order chi connectivity index (χ1) is 14.7. The lowest BCUT2D eigenvalue weighted by molar-refractivity contribution is -0.125. The highest BCUT2D eigenvalue weighted by molar-refractivity contribution is 5.92. The molecule has 0 radical (unpaired) electrons. The van der Waals surface area contributed by atoms with Gasteiger partial charge in [0.15, 0.2) is 0 Å². The molecule has 0 atom stereocenters. The SMILES string of the molecule is CN(Cc1ccco1)C(=O)/C=C/c1cn(Cc2ccccc2)nc1-c1cccnc1. The predicted molar refractivity (Wildman–Crippen MR) is 115 cm³/mol. The summed E-state index contributed by atoms with van der Waals surface area (Å²) < 4.78 is 7.20. The molecule has 0 N–H and O–H groups in total. The van der Waals surface area contributed by atoms with Gasteiger partial charge < -0.3 is 9.32 Å². The molecule has 150 valence electrons. The van der Waals surface area contributed by atoms with Crippen molar-refractivity contribution in [2.24, 2.45) is 0 Å². The number of hydrogen-bond acceptors (Lipinski definition) is 4. The summed E-state index contributed by atoms with van der Waals surface area (Å²) in [6.45, 7) is 1.06. The molecule has 0 aliphatic heterocycles. The van der Waals surface area contributed by atoms with Crippen LogP contribution in [-0.4, -0.2) is 32.6 Å². The Morgan fingerprint density at radius 2 is 2.00 bits per heavy atom. The van der Waals surface area contributed by atoms with Crippen LogP contribution in [0.4, 0.5) is 0 Å². The molecule has 0 unspecified atom stereocenters. The fraction of sp³-hybridized carbons (Fsp3) is 0.125. The van der Waals surface area contributed by atoms with E-state index in [4.69, 9.17) is 9.52 Å². The minimum atomic E-state index is -0.112. The van der Waals surface area contributed by atoms with Crippen molar-refractivity contribution in [1.29, 1.82) is 0 Å². The summed E-state index contributed by atoms with van der Waals surface area (Å²) in [5.74, 6) is 0.630. The zero-order valence-corrected chi connectivity index (χ0v) is 16.7. The molecule has 0 aliphatic carbocycles. The molecule has 0 saturated heterocycles. The van der Waals surface area contributed by atoms with E-state index in [1.54, 1.807) is 42.8 Å². The predicted octanol–water partition coefficient (Wildman–Crippen LogP) is 4.26. The van der Waals surface area contributed by atoms with Gasteiger partial charge in [0.1, 0.15) is 11.5 Å². The van der Waals surface area contributed by atoms with Gasteiger partial charge in [0.2, 0.25) is 5.91 Å². The highest BCUT2D eigenvalue weighted by Crippen LogP contribution is 2.23. The van der Waals surface area contributed by atoms with Crippen LogP contribution in [0, 0.1) is 0 Å². The van der Waals surface area contributed by atoms with Crippen molar-refractivity contribution in [3.8, 4) is 11.3 Å². The lowest BCUT2D eigenvalue weighted by Crippen LogP contribution is -2.23. The fourth-order valence-electron chi connectivity index (χ4n) is 3.14. The number of pyridine rings is 1. The molecule has 0 spiro atoms. The second-order valence-electron chi connectivity index (χ2n) is 6.96. The Morgan fingerprint density at radius 3 is 2.73 bits per heavy atom. The molecule has 4 rings (SSSR count). The van der Waals surface area contributed by atoms with E-state index in [1.807, 2.05) is 53.3 Å². The van der Waals surface area contributed by atoms with E-state index < -0.39 is 0 Å². The van der Waals surface area contributed by atoms with E-state index >= 15 is 0 Å². The van der Waals surface area contributed by atoms with Gasteiger partial charge in [0.25, 0.3) is 0 Å². The van der Waals surface area contributed by atoms with Gasteiger partial charge in [-0.15, -0.1) is 0 Å². The summed E-state index contributed by atoms with van der Waals surface area (Å²) in [6, 6.07) is 17.6. The molecule has 30 heavy (non-hydrogen) atoms. The van der Waals surface area contributed by atoms with Gasteiger partial charge in [-0.3, -0.25) is 14.5 Å². The van der Waals surface area contributed by atoms with Crippen LogP contribution in [0.2, 0.25) is 0 Å². The number of furan rings is 1. The molecule has 3 aromatic heterocycles. The van der Waals surface area contributed by atoms with Crippen molar-refractivity contribution in [2.45, 2.75) is 13.1 Å². The Balaban J connectivity index is 1.57. The number of rotatable bonds is 7. The highest BCUT2D eigenvalue weighted by atomic mass is 16.3. The quantitative estimate of drug-likeness (QED) is 0.437. The number of likely N-dealkylation sites (N-methyl/N-ethyl adjacent to an activating group) is 1. The van der Waals surface area contributed by atoms with Crippen LogP contribution in [0.1, 0.15) is 16.9 Å². The Bertz CT molecular complexity index is 1120. The van der Waals surface area contributed by atoms with Gasteiger partial charge in [-0.2, -0.15) is 5.10 Å². The molecule has 3 heterocycles. The van der Waals surface area contributed by atoms with E-state index in [0.29, 0.717) is 13.1 Å². The lowest BCUT2D eigenvalue weighted by atomic mass is 10.1. The zero-order chi connectivity index (χ0) is 20.8. The maximum Gasteiger partial charge on any atom is 0.246 e. The molecule has 6 heteroatoms. The Kier molecular flexibility index (Phi) is 5.85. The number of nitrogens with zero attached hydrogens (tertiary/aromatic N) is 4. The maximum atomic E-state index is 12.5. The number of benzene rings is 1. The average Bonchev–Trinajstić information content (AvgIpc) is 3.43. The van der Waals surface area contributed by atoms with Crippen molar-refractivity contribution in [3.05, 3.63) is 102 Å². The van der Waals surface area contributed by atoms with E-state index in [1.165, 1.54) is 0 Å². The molecular formula is C24H22N4O2.